The molecule has 0 aliphatic carbocycles. The van der Waals surface area contributed by atoms with E-state index in [2.05, 4.69) is 44.2 Å². The minimum Gasteiger partial charge on any atom is -0.122 e. The Bertz CT molecular complexity index is 334. The van der Waals surface area contributed by atoms with Crippen LogP contribution in [0.25, 0.3) is 6.08 Å². The molecule has 0 saturated heterocycles. The van der Waals surface area contributed by atoms with Gasteiger partial charge in [0.25, 0.3) is 0 Å². The van der Waals surface area contributed by atoms with Gasteiger partial charge in [-0.05, 0) is 11.5 Å². The summed E-state index contributed by atoms with van der Waals surface area (Å²) in [6.45, 7) is 4.31. The highest BCUT2D eigenvalue weighted by Gasteiger charge is 1.98. The van der Waals surface area contributed by atoms with Crippen LogP contribution in [0.2, 0.25) is 0 Å². The largest absolute Gasteiger partial charge is 0.122 e. The average molecular weight is 221 g/mol. The van der Waals surface area contributed by atoms with Crippen molar-refractivity contribution in [1.29, 1.82) is 0 Å². The van der Waals surface area contributed by atoms with Crippen molar-refractivity contribution in [1.82, 2.24) is 0 Å². The maximum absolute atomic E-state index is 5.84. The van der Waals surface area contributed by atoms with Crippen molar-refractivity contribution in [3.8, 4) is 0 Å². The van der Waals surface area contributed by atoms with E-state index in [1.54, 1.807) is 0 Å². The molecule has 1 heteroatoms. The zero-order valence-electron chi connectivity index (χ0n) is 9.28. The van der Waals surface area contributed by atoms with E-state index in [0.717, 1.165) is 0 Å². The lowest BCUT2D eigenvalue weighted by molar-refractivity contribution is 0.772. The molecule has 80 valence electrons. The van der Waals surface area contributed by atoms with Crippen molar-refractivity contribution in [2.75, 3.05) is 5.88 Å². The summed E-state index contributed by atoms with van der Waals surface area (Å²) in [5, 5.41) is 0. The summed E-state index contributed by atoms with van der Waals surface area (Å²) in [6, 6.07) is 10.3. The summed E-state index contributed by atoms with van der Waals surface area (Å²) in [5.74, 6) is 1.12. The Hall–Kier alpha value is -1.01. The molecule has 15 heavy (non-hydrogen) atoms. The zero-order chi connectivity index (χ0) is 11.1. The van der Waals surface area contributed by atoms with E-state index in [1.165, 1.54) is 11.1 Å². The maximum Gasteiger partial charge on any atom is 0.0439 e. The van der Waals surface area contributed by atoms with E-state index in [9.17, 15) is 0 Å². The molecule has 0 unspecified atom stereocenters. The Labute approximate surface area is 97.3 Å². The van der Waals surface area contributed by atoms with E-state index in [-0.39, 0.29) is 0 Å². The second kappa shape index (κ2) is 6.47. The SMILES string of the molecule is CC(C)C(=CC=Cc1ccccc1)CCl. The van der Waals surface area contributed by atoms with Crippen molar-refractivity contribution >= 4 is 17.7 Å². The van der Waals surface area contributed by atoms with Crippen LogP contribution in [0.5, 0.6) is 0 Å². The van der Waals surface area contributed by atoms with Gasteiger partial charge in [-0.25, -0.2) is 0 Å². The van der Waals surface area contributed by atoms with Gasteiger partial charge < -0.3 is 0 Å². The molecule has 0 amide bonds. The molecule has 0 nitrogen and oxygen atoms in total. The minimum absolute atomic E-state index is 0.517. The van der Waals surface area contributed by atoms with Gasteiger partial charge in [0.05, 0.1) is 0 Å². The molecule has 1 aromatic carbocycles. The molecule has 0 aliphatic heterocycles. The van der Waals surface area contributed by atoms with E-state index in [1.807, 2.05) is 18.2 Å². The molecule has 1 rings (SSSR count). The van der Waals surface area contributed by atoms with Gasteiger partial charge in [0, 0.05) is 5.88 Å². The Morgan fingerprint density at radius 1 is 1.27 bits per heavy atom. The molecule has 1 aromatic rings. The summed E-state index contributed by atoms with van der Waals surface area (Å²) >= 11 is 5.84. The predicted octanol–water partition coefficient (Wildman–Crippen LogP) is 4.52. The second-order valence-corrected chi connectivity index (χ2v) is 4.07. The van der Waals surface area contributed by atoms with Crippen molar-refractivity contribution in [2.24, 2.45) is 5.92 Å². The van der Waals surface area contributed by atoms with E-state index < -0.39 is 0 Å². The molecule has 0 heterocycles. The van der Waals surface area contributed by atoms with Crippen LogP contribution in [-0.2, 0) is 0 Å². The third kappa shape index (κ3) is 4.35. The summed E-state index contributed by atoms with van der Waals surface area (Å²) in [7, 11) is 0. The van der Waals surface area contributed by atoms with Crippen LogP contribution < -0.4 is 0 Å². The van der Waals surface area contributed by atoms with Gasteiger partial charge in [-0.2, -0.15) is 0 Å². The lowest BCUT2D eigenvalue weighted by atomic mass is 10.0. The molecule has 0 N–H and O–H groups in total. The first-order chi connectivity index (χ1) is 7.24. The molecule has 0 aliphatic rings. The molecule has 0 radical (unpaired) electrons. The Morgan fingerprint density at radius 2 is 1.93 bits per heavy atom. The van der Waals surface area contributed by atoms with Crippen LogP contribution in [0.1, 0.15) is 19.4 Å². The molecule has 0 bridgehead atoms. The lowest BCUT2D eigenvalue weighted by Gasteiger charge is -2.05. The first-order valence-corrected chi connectivity index (χ1v) is 5.75. The Balaban J connectivity index is 2.66. The monoisotopic (exact) mass is 220 g/mol. The van der Waals surface area contributed by atoms with Gasteiger partial charge in [-0.15, -0.1) is 11.6 Å². The fourth-order valence-corrected chi connectivity index (χ4v) is 1.64. The molecule has 0 saturated carbocycles. The second-order valence-electron chi connectivity index (χ2n) is 3.80. The van der Waals surface area contributed by atoms with Gasteiger partial charge in [-0.1, -0.05) is 68.0 Å². The normalized spacial score (nSPS) is 12.7. The number of alkyl halides is 1. The van der Waals surface area contributed by atoms with Crippen molar-refractivity contribution < 1.29 is 0 Å². The third-order valence-electron chi connectivity index (χ3n) is 2.29. The smallest absolute Gasteiger partial charge is 0.0439 e. The number of hydrogen-bond donors (Lipinski definition) is 0. The van der Waals surface area contributed by atoms with Gasteiger partial charge in [0.2, 0.25) is 0 Å². The van der Waals surface area contributed by atoms with Crippen molar-refractivity contribution in [2.45, 2.75) is 13.8 Å². The standard InChI is InChI=1S/C14H17Cl/c1-12(2)14(11-15)10-6-9-13-7-4-3-5-8-13/h3-10,12H,11H2,1-2H3. The lowest BCUT2D eigenvalue weighted by Crippen LogP contribution is -1.94. The maximum atomic E-state index is 5.84. The minimum atomic E-state index is 0.517. The highest BCUT2D eigenvalue weighted by Crippen LogP contribution is 2.11. The first-order valence-electron chi connectivity index (χ1n) is 5.22. The number of hydrogen-bond acceptors (Lipinski definition) is 0. The number of benzene rings is 1. The zero-order valence-corrected chi connectivity index (χ0v) is 10.0. The van der Waals surface area contributed by atoms with Crippen LogP contribution >= 0.6 is 11.6 Å². The fourth-order valence-electron chi connectivity index (χ4n) is 1.24. The highest BCUT2D eigenvalue weighted by molar-refractivity contribution is 6.19. The van der Waals surface area contributed by atoms with Crippen LogP contribution in [0, 0.1) is 5.92 Å². The van der Waals surface area contributed by atoms with Crippen molar-refractivity contribution in [3.63, 3.8) is 0 Å². The number of rotatable bonds is 4. The summed E-state index contributed by atoms with van der Waals surface area (Å²) in [4.78, 5) is 0. The molecule has 0 aromatic heterocycles. The van der Waals surface area contributed by atoms with E-state index >= 15 is 0 Å². The van der Waals surface area contributed by atoms with Crippen LogP contribution in [-0.4, -0.2) is 5.88 Å². The molecule has 0 fully saturated rings. The van der Waals surface area contributed by atoms with Crippen LogP contribution in [0.15, 0.2) is 48.1 Å². The molecule has 0 atom stereocenters. The topological polar surface area (TPSA) is 0 Å². The summed E-state index contributed by atoms with van der Waals surface area (Å²) in [6.07, 6.45) is 6.26. The van der Waals surface area contributed by atoms with Gasteiger partial charge in [0.1, 0.15) is 0 Å². The Morgan fingerprint density at radius 3 is 2.47 bits per heavy atom. The van der Waals surface area contributed by atoms with Crippen LogP contribution in [0.3, 0.4) is 0 Å². The average Bonchev–Trinajstić information content (AvgIpc) is 2.25. The molecular formula is C14H17Cl. The summed E-state index contributed by atoms with van der Waals surface area (Å²) < 4.78 is 0. The van der Waals surface area contributed by atoms with Gasteiger partial charge in [0.15, 0.2) is 0 Å². The van der Waals surface area contributed by atoms with Crippen molar-refractivity contribution in [3.05, 3.63) is 53.6 Å². The first kappa shape index (κ1) is 12.1. The molecular weight excluding hydrogens is 204 g/mol. The number of allylic oxidation sites excluding steroid dienone is 3. The fraction of sp³-hybridized carbons (Fsp3) is 0.286. The van der Waals surface area contributed by atoms with E-state index in [4.69, 9.17) is 11.6 Å². The van der Waals surface area contributed by atoms with Gasteiger partial charge in [-0.3, -0.25) is 0 Å². The molecule has 0 spiro atoms. The number of halogens is 1. The third-order valence-corrected chi connectivity index (χ3v) is 2.60. The van der Waals surface area contributed by atoms with Gasteiger partial charge >= 0.3 is 0 Å². The van der Waals surface area contributed by atoms with Crippen LogP contribution in [0.4, 0.5) is 0 Å². The van der Waals surface area contributed by atoms with E-state index in [0.29, 0.717) is 11.8 Å². The summed E-state index contributed by atoms with van der Waals surface area (Å²) in [5.41, 5.74) is 2.48. The quantitative estimate of drug-likeness (QED) is 0.517. The Kier molecular flexibility index (Phi) is 5.20. The highest BCUT2D eigenvalue weighted by atomic mass is 35.5. The predicted molar refractivity (Wildman–Crippen MR) is 69.1 cm³/mol.